The molecule has 6 nitrogen and oxygen atoms in total. The summed E-state index contributed by atoms with van der Waals surface area (Å²) in [6.07, 6.45) is 0.0202. The van der Waals surface area contributed by atoms with Crippen LogP contribution in [0.25, 0.3) is 0 Å². The van der Waals surface area contributed by atoms with Crippen LogP contribution in [-0.4, -0.2) is 58.2 Å². The van der Waals surface area contributed by atoms with E-state index in [1.807, 2.05) is 6.92 Å². The zero-order valence-electron chi connectivity index (χ0n) is 9.94. The quantitative estimate of drug-likeness (QED) is 0.485. The summed E-state index contributed by atoms with van der Waals surface area (Å²) < 4.78 is 15.7. The molecule has 2 unspecified atom stereocenters. The van der Waals surface area contributed by atoms with E-state index in [4.69, 9.17) is 19.9 Å². The molecule has 1 heterocycles. The van der Waals surface area contributed by atoms with Crippen LogP contribution in [0.3, 0.4) is 0 Å². The smallest absolute Gasteiger partial charge is 0.188 e. The molecular weight excluding hydrogens is 210 g/mol. The number of rotatable bonds is 5. The summed E-state index contributed by atoms with van der Waals surface area (Å²) in [6.45, 7) is 4.99. The normalized spacial score (nSPS) is 24.1. The molecule has 0 saturated carbocycles. The first kappa shape index (κ1) is 13.2. The van der Waals surface area contributed by atoms with Gasteiger partial charge in [0.2, 0.25) is 0 Å². The van der Waals surface area contributed by atoms with Crippen LogP contribution in [0.5, 0.6) is 0 Å². The highest BCUT2D eigenvalue weighted by Crippen LogP contribution is 2.00. The largest absolute Gasteiger partial charge is 0.383 e. The third-order valence-electron chi connectivity index (χ3n) is 2.16. The first-order valence-electron chi connectivity index (χ1n) is 5.47. The monoisotopic (exact) mass is 231 g/mol. The zero-order chi connectivity index (χ0) is 11.8. The molecule has 16 heavy (non-hydrogen) atoms. The Balaban J connectivity index is 2.21. The van der Waals surface area contributed by atoms with Gasteiger partial charge in [0.05, 0.1) is 33.0 Å². The van der Waals surface area contributed by atoms with E-state index in [1.165, 1.54) is 0 Å². The minimum absolute atomic E-state index is 0.0202. The molecule has 0 radical (unpaired) electrons. The average molecular weight is 231 g/mol. The third-order valence-corrected chi connectivity index (χ3v) is 2.16. The number of methoxy groups -OCH3 is 1. The number of nitrogens with two attached hydrogens (primary N) is 1. The van der Waals surface area contributed by atoms with Gasteiger partial charge in [0.15, 0.2) is 5.96 Å². The Labute approximate surface area is 96.1 Å². The first-order chi connectivity index (χ1) is 7.72. The van der Waals surface area contributed by atoms with Crippen molar-refractivity contribution in [3.05, 3.63) is 0 Å². The molecule has 0 spiro atoms. The van der Waals surface area contributed by atoms with Crippen molar-refractivity contribution in [2.75, 3.05) is 40.1 Å². The Bertz CT molecular complexity index is 217. The molecule has 1 aliphatic rings. The van der Waals surface area contributed by atoms with Crippen LogP contribution in [-0.2, 0) is 14.2 Å². The van der Waals surface area contributed by atoms with Gasteiger partial charge in [0.1, 0.15) is 6.10 Å². The molecule has 3 N–H and O–H groups in total. The van der Waals surface area contributed by atoms with Gasteiger partial charge in [-0.2, -0.15) is 0 Å². The summed E-state index contributed by atoms with van der Waals surface area (Å²) in [5.74, 6) is 0.415. The van der Waals surface area contributed by atoms with Crippen molar-refractivity contribution < 1.29 is 14.2 Å². The highest BCUT2D eigenvalue weighted by atomic mass is 16.6. The van der Waals surface area contributed by atoms with Gasteiger partial charge in [-0.25, -0.2) is 0 Å². The molecule has 0 aliphatic carbocycles. The molecule has 1 fully saturated rings. The Morgan fingerprint density at radius 3 is 3.06 bits per heavy atom. The summed E-state index contributed by atoms with van der Waals surface area (Å²) in [4.78, 5) is 4.19. The van der Waals surface area contributed by atoms with Gasteiger partial charge in [-0.1, -0.05) is 0 Å². The number of ether oxygens (including phenoxy) is 3. The van der Waals surface area contributed by atoms with Crippen molar-refractivity contribution in [3.8, 4) is 0 Å². The van der Waals surface area contributed by atoms with Crippen LogP contribution in [0.1, 0.15) is 6.92 Å². The lowest BCUT2D eigenvalue weighted by Crippen LogP contribution is -2.41. The minimum atomic E-state index is 0.0202. The van der Waals surface area contributed by atoms with E-state index in [0.717, 1.165) is 0 Å². The van der Waals surface area contributed by atoms with Crippen LogP contribution < -0.4 is 11.1 Å². The second-order valence-electron chi connectivity index (χ2n) is 3.79. The summed E-state index contributed by atoms with van der Waals surface area (Å²) >= 11 is 0. The summed E-state index contributed by atoms with van der Waals surface area (Å²) in [5, 5.41) is 3.03. The van der Waals surface area contributed by atoms with Crippen molar-refractivity contribution in [2.45, 2.75) is 19.1 Å². The second-order valence-corrected chi connectivity index (χ2v) is 3.79. The Hall–Kier alpha value is -0.850. The van der Waals surface area contributed by atoms with E-state index >= 15 is 0 Å². The number of hydrogen-bond acceptors (Lipinski definition) is 4. The molecule has 2 atom stereocenters. The van der Waals surface area contributed by atoms with E-state index < -0.39 is 0 Å². The fourth-order valence-electron chi connectivity index (χ4n) is 1.43. The van der Waals surface area contributed by atoms with E-state index in [2.05, 4.69) is 10.3 Å². The predicted molar refractivity (Wildman–Crippen MR) is 61.5 cm³/mol. The molecule has 0 aromatic rings. The number of nitrogens with one attached hydrogen (secondary N) is 1. The van der Waals surface area contributed by atoms with Crippen molar-refractivity contribution in [1.82, 2.24) is 5.32 Å². The van der Waals surface area contributed by atoms with Crippen molar-refractivity contribution in [3.63, 3.8) is 0 Å². The van der Waals surface area contributed by atoms with Gasteiger partial charge in [0.25, 0.3) is 0 Å². The third kappa shape index (κ3) is 5.29. The molecule has 0 aromatic carbocycles. The lowest BCUT2D eigenvalue weighted by molar-refractivity contribution is -0.0832. The molecule has 94 valence electrons. The van der Waals surface area contributed by atoms with Crippen molar-refractivity contribution in [1.29, 1.82) is 0 Å². The second kappa shape index (κ2) is 7.43. The van der Waals surface area contributed by atoms with E-state index in [1.54, 1.807) is 7.11 Å². The minimum Gasteiger partial charge on any atom is -0.383 e. The molecule has 0 aromatic heterocycles. The Morgan fingerprint density at radius 1 is 1.62 bits per heavy atom. The SMILES string of the molecule is COCC(C)NC(N)=NCC1COCCO1. The van der Waals surface area contributed by atoms with Crippen molar-refractivity contribution in [2.24, 2.45) is 10.7 Å². The van der Waals surface area contributed by atoms with Gasteiger partial charge in [-0.15, -0.1) is 0 Å². The lowest BCUT2D eigenvalue weighted by Gasteiger charge is -2.21. The van der Waals surface area contributed by atoms with Gasteiger partial charge in [0, 0.05) is 13.2 Å². The lowest BCUT2D eigenvalue weighted by atomic mass is 10.3. The van der Waals surface area contributed by atoms with Gasteiger partial charge in [-0.3, -0.25) is 4.99 Å². The molecule has 1 saturated heterocycles. The van der Waals surface area contributed by atoms with Crippen molar-refractivity contribution >= 4 is 5.96 Å². The standard InChI is InChI=1S/C10H21N3O3/c1-8(6-14-2)13-10(11)12-5-9-7-15-3-4-16-9/h8-9H,3-7H2,1-2H3,(H3,11,12,13). The fraction of sp³-hybridized carbons (Fsp3) is 0.900. The van der Waals surface area contributed by atoms with Gasteiger partial charge < -0.3 is 25.3 Å². The topological polar surface area (TPSA) is 78.1 Å². The van der Waals surface area contributed by atoms with Crippen LogP contribution >= 0.6 is 0 Å². The predicted octanol–water partition coefficient (Wildman–Crippen LogP) is -0.659. The van der Waals surface area contributed by atoms with Crippen LogP contribution in [0.2, 0.25) is 0 Å². The molecule has 0 amide bonds. The van der Waals surface area contributed by atoms with E-state index in [0.29, 0.717) is 38.9 Å². The molecule has 6 heteroatoms. The Morgan fingerprint density at radius 2 is 2.44 bits per heavy atom. The van der Waals surface area contributed by atoms with Crippen LogP contribution in [0.15, 0.2) is 4.99 Å². The average Bonchev–Trinajstić information content (AvgIpc) is 2.28. The number of hydrogen-bond donors (Lipinski definition) is 2. The molecule has 0 bridgehead atoms. The Kier molecular flexibility index (Phi) is 6.14. The van der Waals surface area contributed by atoms with E-state index in [9.17, 15) is 0 Å². The fourth-order valence-corrected chi connectivity index (χ4v) is 1.43. The van der Waals surface area contributed by atoms with Gasteiger partial charge in [-0.05, 0) is 6.92 Å². The van der Waals surface area contributed by atoms with Crippen LogP contribution in [0, 0.1) is 0 Å². The van der Waals surface area contributed by atoms with Gasteiger partial charge >= 0.3 is 0 Å². The summed E-state index contributed by atoms with van der Waals surface area (Å²) in [5.41, 5.74) is 5.71. The highest BCUT2D eigenvalue weighted by molar-refractivity contribution is 5.78. The highest BCUT2D eigenvalue weighted by Gasteiger charge is 2.13. The summed E-state index contributed by atoms with van der Waals surface area (Å²) in [7, 11) is 1.65. The zero-order valence-corrected chi connectivity index (χ0v) is 9.94. The number of aliphatic imine (C=N–C) groups is 1. The first-order valence-corrected chi connectivity index (χ1v) is 5.47. The molecule has 1 rings (SSSR count). The molecular formula is C10H21N3O3. The maximum atomic E-state index is 5.71. The van der Waals surface area contributed by atoms with Crippen LogP contribution in [0.4, 0.5) is 0 Å². The maximum absolute atomic E-state index is 5.71. The number of nitrogens with zero attached hydrogens (tertiary/aromatic N) is 1. The molecule has 1 aliphatic heterocycles. The van der Waals surface area contributed by atoms with E-state index in [-0.39, 0.29) is 12.1 Å². The number of guanidine groups is 1. The summed E-state index contributed by atoms with van der Waals surface area (Å²) in [6, 6.07) is 0.150. The maximum Gasteiger partial charge on any atom is 0.188 e.